The van der Waals surface area contributed by atoms with Crippen LogP contribution in [0.15, 0.2) is 4.99 Å². The minimum atomic E-state index is -1.07. The number of hydrogen-bond donors (Lipinski definition) is 2. The van der Waals surface area contributed by atoms with Crippen LogP contribution < -0.4 is 5.43 Å². The molecule has 8 heteroatoms. The van der Waals surface area contributed by atoms with E-state index in [-0.39, 0.29) is 10.9 Å². The molecule has 12 heavy (non-hydrogen) atoms. The van der Waals surface area contributed by atoms with Crippen molar-refractivity contribution in [1.29, 1.82) is 0 Å². The van der Waals surface area contributed by atoms with Gasteiger partial charge in [-0.05, 0) is 0 Å². The molecule has 0 aromatic heterocycles. The lowest BCUT2D eigenvalue weighted by atomic mass is 10.4. The van der Waals surface area contributed by atoms with Gasteiger partial charge in [0.15, 0.2) is 11.1 Å². The predicted octanol–water partition coefficient (Wildman–Crippen LogP) is -0.676. The molecule has 1 atom stereocenters. The first-order valence-corrected chi connectivity index (χ1v) is 3.92. The molecule has 0 aromatic carbocycles. The first-order valence-electron chi connectivity index (χ1n) is 2.94. The second-order valence-electron chi connectivity index (χ2n) is 1.97. The zero-order valence-corrected chi connectivity index (χ0v) is 6.58. The first kappa shape index (κ1) is 8.78. The lowest BCUT2D eigenvalue weighted by Gasteiger charge is -1.93. The van der Waals surface area contributed by atoms with Gasteiger partial charge in [0.25, 0.3) is 0 Å². The van der Waals surface area contributed by atoms with Crippen molar-refractivity contribution in [2.45, 2.75) is 6.04 Å². The van der Waals surface area contributed by atoms with Gasteiger partial charge < -0.3 is 5.11 Å². The van der Waals surface area contributed by atoms with Crippen molar-refractivity contribution in [2.24, 2.45) is 4.99 Å². The third kappa shape index (κ3) is 2.09. The van der Waals surface area contributed by atoms with Gasteiger partial charge in [-0.25, -0.2) is 19.9 Å². The van der Waals surface area contributed by atoms with Gasteiger partial charge in [-0.2, -0.15) is 0 Å². The molecule has 0 radical (unpaired) electrons. The van der Waals surface area contributed by atoms with Crippen LogP contribution in [0.1, 0.15) is 0 Å². The highest BCUT2D eigenvalue weighted by Crippen LogP contribution is 2.16. The average Bonchev–Trinajstić information content (AvgIpc) is 2.34. The van der Waals surface area contributed by atoms with Gasteiger partial charge >= 0.3 is 5.97 Å². The summed E-state index contributed by atoms with van der Waals surface area (Å²) < 4.78 is 0. The Morgan fingerprint density at radius 2 is 2.58 bits per heavy atom. The van der Waals surface area contributed by atoms with Crippen LogP contribution in [0.2, 0.25) is 0 Å². The van der Waals surface area contributed by atoms with Crippen molar-refractivity contribution in [3.8, 4) is 0 Å². The van der Waals surface area contributed by atoms with E-state index >= 15 is 0 Å². The molecule has 1 aliphatic rings. The maximum absolute atomic E-state index is 10.3. The number of rotatable bonds is 2. The molecule has 7 nitrogen and oxygen atoms in total. The van der Waals surface area contributed by atoms with E-state index in [2.05, 4.69) is 4.99 Å². The summed E-state index contributed by atoms with van der Waals surface area (Å²) in [5.74, 6) is -0.825. The number of hydrazine groups is 1. The molecule has 66 valence electrons. The molecule has 0 fully saturated rings. The summed E-state index contributed by atoms with van der Waals surface area (Å²) >= 11 is 1.02. The number of carboxylic acids is 1. The van der Waals surface area contributed by atoms with Crippen LogP contribution >= 0.6 is 11.8 Å². The molecule has 0 aliphatic carbocycles. The number of nitrogens with one attached hydrogen (secondary N) is 1. The second kappa shape index (κ2) is 3.39. The van der Waals surface area contributed by atoms with Crippen LogP contribution in [0.5, 0.6) is 0 Å². The van der Waals surface area contributed by atoms with Gasteiger partial charge in [0, 0.05) is 5.75 Å². The molecule has 0 aromatic rings. The Bertz CT molecular complexity index is 253. The molecular weight excluding hydrogens is 186 g/mol. The number of nitro groups is 1. The summed E-state index contributed by atoms with van der Waals surface area (Å²) in [7, 11) is 0. The van der Waals surface area contributed by atoms with E-state index in [9.17, 15) is 14.9 Å². The van der Waals surface area contributed by atoms with Crippen molar-refractivity contribution in [3.05, 3.63) is 10.1 Å². The smallest absolute Gasteiger partial charge is 0.329 e. The molecule has 1 rings (SSSR count). The summed E-state index contributed by atoms with van der Waals surface area (Å²) in [6, 6.07) is -0.863. The van der Waals surface area contributed by atoms with Crippen molar-refractivity contribution in [2.75, 3.05) is 5.75 Å². The quantitative estimate of drug-likeness (QED) is 0.442. The summed E-state index contributed by atoms with van der Waals surface area (Å²) in [6.07, 6.45) is 0. The standard InChI is InChI=1S/C4H5N3O4S/c8-3(9)2-1-12-4(5-2)6-7(10)11/h2H,1H2,(H,5,6)(H,8,9). The first-order chi connectivity index (χ1) is 5.59. The number of nitrogens with zero attached hydrogens (tertiary/aromatic N) is 2. The maximum atomic E-state index is 10.3. The average molecular weight is 191 g/mol. The zero-order valence-electron chi connectivity index (χ0n) is 5.76. The summed E-state index contributed by atoms with van der Waals surface area (Å²) in [4.78, 5) is 23.8. The lowest BCUT2D eigenvalue weighted by Crippen LogP contribution is -2.25. The molecule has 0 saturated carbocycles. The number of carboxylic acid groups (broad SMARTS) is 1. The van der Waals surface area contributed by atoms with Crippen molar-refractivity contribution in [3.63, 3.8) is 0 Å². The third-order valence-electron chi connectivity index (χ3n) is 1.12. The number of hydrogen-bond acceptors (Lipinski definition) is 5. The lowest BCUT2D eigenvalue weighted by molar-refractivity contribution is -0.524. The number of amidine groups is 1. The van der Waals surface area contributed by atoms with Crippen LogP contribution in [0, 0.1) is 10.1 Å². The highest BCUT2D eigenvalue weighted by atomic mass is 32.2. The Morgan fingerprint density at radius 1 is 1.92 bits per heavy atom. The minimum Gasteiger partial charge on any atom is -0.480 e. The second-order valence-corrected chi connectivity index (χ2v) is 2.98. The van der Waals surface area contributed by atoms with Gasteiger partial charge in [-0.1, -0.05) is 17.2 Å². The Balaban J connectivity index is 2.54. The molecule has 1 aliphatic heterocycles. The molecule has 0 spiro atoms. The monoisotopic (exact) mass is 191 g/mol. The molecule has 1 heterocycles. The summed E-state index contributed by atoms with van der Waals surface area (Å²) in [6.45, 7) is 0. The minimum absolute atomic E-state index is 0.0485. The van der Waals surface area contributed by atoms with E-state index in [1.165, 1.54) is 0 Å². The fourth-order valence-electron chi connectivity index (χ4n) is 0.640. The van der Waals surface area contributed by atoms with E-state index < -0.39 is 17.0 Å². The predicted molar refractivity (Wildman–Crippen MR) is 41.4 cm³/mol. The largest absolute Gasteiger partial charge is 0.480 e. The topological polar surface area (TPSA) is 105 Å². The van der Waals surface area contributed by atoms with Gasteiger partial charge in [0.1, 0.15) is 0 Å². The van der Waals surface area contributed by atoms with Crippen molar-refractivity contribution >= 4 is 22.9 Å². The van der Waals surface area contributed by atoms with E-state index in [1.807, 2.05) is 0 Å². The number of thioether (sulfide) groups is 1. The van der Waals surface area contributed by atoms with Crippen molar-refractivity contribution in [1.82, 2.24) is 5.43 Å². The zero-order chi connectivity index (χ0) is 9.14. The fraction of sp³-hybridized carbons (Fsp3) is 0.500. The Hall–Kier alpha value is -1.31. The van der Waals surface area contributed by atoms with E-state index in [1.54, 1.807) is 5.43 Å². The highest BCUT2D eigenvalue weighted by molar-refractivity contribution is 8.14. The van der Waals surface area contributed by atoms with Gasteiger partial charge in [0.2, 0.25) is 5.17 Å². The number of aliphatic carboxylic acids is 1. The Morgan fingerprint density at radius 3 is 3.00 bits per heavy atom. The van der Waals surface area contributed by atoms with Gasteiger partial charge in [-0.3, -0.25) is 0 Å². The Labute approximate surface area is 71.0 Å². The van der Waals surface area contributed by atoms with E-state index in [4.69, 9.17) is 5.11 Å². The fourth-order valence-corrected chi connectivity index (χ4v) is 1.51. The van der Waals surface area contributed by atoms with Crippen LogP contribution in [0.3, 0.4) is 0 Å². The summed E-state index contributed by atoms with van der Waals surface area (Å²) in [5, 5.41) is 17.6. The van der Waals surface area contributed by atoms with Crippen LogP contribution in [-0.4, -0.2) is 33.1 Å². The van der Waals surface area contributed by atoms with Gasteiger partial charge in [-0.15, -0.1) is 0 Å². The molecule has 0 bridgehead atoms. The molecule has 2 N–H and O–H groups in total. The molecule has 0 saturated heterocycles. The Kier molecular flexibility index (Phi) is 2.48. The highest BCUT2D eigenvalue weighted by Gasteiger charge is 2.26. The van der Waals surface area contributed by atoms with Crippen LogP contribution in [0.25, 0.3) is 0 Å². The van der Waals surface area contributed by atoms with Crippen LogP contribution in [-0.2, 0) is 4.79 Å². The third-order valence-corrected chi connectivity index (χ3v) is 2.08. The number of aliphatic imine (C=N–C) groups is 1. The number of carbonyl (C=O) groups is 1. The van der Waals surface area contributed by atoms with E-state index in [0.717, 1.165) is 11.8 Å². The normalized spacial score (nSPS) is 21.7. The summed E-state index contributed by atoms with van der Waals surface area (Å²) in [5.41, 5.74) is 1.80. The molecule has 0 amide bonds. The van der Waals surface area contributed by atoms with Gasteiger partial charge in [0.05, 0.1) is 0 Å². The van der Waals surface area contributed by atoms with E-state index in [0.29, 0.717) is 0 Å². The molecular formula is C4H5N3O4S. The maximum Gasteiger partial charge on any atom is 0.329 e. The SMILES string of the molecule is O=C(O)C1CSC(N[N+](=O)[O-])=N1. The van der Waals surface area contributed by atoms with Crippen LogP contribution in [0.4, 0.5) is 0 Å². The van der Waals surface area contributed by atoms with Crippen molar-refractivity contribution < 1.29 is 14.9 Å². The molecule has 1 unspecified atom stereocenters.